The maximum Gasteiger partial charge on any atom is 0.228 e. The number of aromatic nitrogens is 6. The van der Waals surface area contributed by atoms with E-state index < -0.39 is 0 Å². The number of amides is 1. The van der Waals surface area contributed by atoms with Crippen LogP contribution in [-0.4, -0.2) is 35.9 Å². The van der Waals surface area contributed by atoms with E-state index in [9.17, 15) is 4.79 Å². The van der Waals surface area contributed by atoms with Gasteiger partial charge in [-0.15, -0.1) is 5.10 Å². The number of nitrogens with zero attached hydrogens (tertiary/aromatic N) is 6. The Kier molecular flexibility index (Phi) is 5.38. The lowest BCUT2D eigenvalue weighted by molar-refractivity contribution is -0.115. The smallest absolute Gasteiger partial charge is 0.228 e. The van der Waals surface area contributed by atoms with Crippen LogP contribution in [0.25, 0.3) is 11.4 Å². The highest BCUT2D eigenvalue weighted by Gasteiger charge is 2.18. The van der Waals surface area contributed by atoms with Crippen molar-refractivity contribution >= 4 is 11.6 Å². The number of benzene rings is 2. The molecule has 2 heterocycles. The van der Waals surface area contributed by atoms with Crippen LogP contribution in [0.5, 0.6) is 0 Å². The van der Waals surface area contributed by atoms with Crippen molar-refractivity contribution in [1.82, 2.24) is 30.0 Å². The molecular formula is C22H23N7O. The number of tetrazole rings is 1. The number of aryl methyl sites for hydroxylation is 2. The van der Waals surface area contributed by atoms with E-state index in [2.05, 4.69) is 25.9 Å². The predicted molar refractivity (Wildman–Crippen MR) is 114 cm³/mol. The van der Waals surface area contributed by atoms with Crippen molar-refractivity contribution < 1.29 is 4.79 Å². The molecule has 0 aliphatic heterocycles. The second-order valence-corrected chi connectivity index (χ2v) is 7.00. The number of rotatable bonds is 6. The fourth-order valence-corrected chi connectivity index (χ4v) is 3.48. The first-order valence-corrected chi connectivity index (χ1v) is 9.85. The van der Waals surface area contributed by atoms with E-state index in [1.165, 1.54) is 0 Å². The minimum Gasteiger partial charge on any atom is -0.324 e. The summed E-state index contributed by atoms with van der Waals surface area (Å²) in [5.41, 5.74) is 5.09. The number of para-hydroxylation sites is 3. The molecule has 152 valence electrons. The average Bonchev–Trinajstić information content (AvgIpc) is 3.34. The van der Waals surface area contributed by atoms with Crippen molar-refractivity contribution in [3.8, 4) is 11.4 Å². The molecule has 0 saturated carbocycles. The monoisotopic (exact) mass is 401 g/mol. The number of hydrogen-bond acceptors (Lipinski definition) is 5. The van der Waals surface area contributed by atoms with Crippen LogP contribution >= 0.6 is 0 Å². The summed E-state index contributed by atoms with van der Waals surface area (Å²) < 4.78 is 3.53. The highest BCUT2D eigenvalue weighted by atomic mass is 16.1. The van der Waals surface area contributed by atoms with Gasteiger partial charge in [0.05, 0.1) is 29.2 Å². The normalized spacial score (nSPS) is 10.9. The average molecular weight is 401 g/mol. The third-order valence-corrected chi connectivity index (χ3v) is 5.04. The number of anilines is 1. The molecule has 1 amide bonds. The minimum absolute atomic E-state index is 0.118. The summed E-state index contributed by atoms with van der Waals surface area (Å²) in [5, 5.41) is 19.5. The molecule has 0 unspecified atom stereocenters. The molecule has 4 rings (SSSR count). The van der Waals surface area contributed by atoms with Gasteiger partial charge < -0.3 is 5.32 Å². The number of carbonyl (C=O) groups is 1. The highest BCUT2D eigenvalue weighted by Crippen LogP contribution is 2.22. The van der Waals surface area contributed by atoms with Gasteiger partial charge in [-0.25, -0.2) is 4.68 Å². The summed E-state index contributed by atoms with van der Waals surface area (Å²) in [6.45, 7) is 5.90. The second kappa shape index (κ2) is 8.28. The summed E-state index contributed by atoms with van der Waals surface area (Å²) in [7, 11) is 0. The number of carbonyl (C=O) groups excluding carboxylic acids is 1. The lowest BCUT2D eigenvalue weighted by atomic mass is 10.1. The standard InChI is InChI=1S/C22H23N7O/c1-4-21-24-26-27-29(21)20-13-9-8-12-19(20)23-22(30)14-18-15(2)25-28(16(18)3)17-10-6-5-7-11-17/h5-13H,4,14H2,1-3H3,(H,23,30). The van der Waals surface area contributed by atoms with Gasteiger partial charge in [0, 0.05) is 17.7 Å². The molecule has 1 N–H and O–H groups in total. The second-order valence-electron chi connectivity index (χ2n) is 7.00. The van der Waals surface area contributed by atoms with Gasteiger partial charge in [-0.05, 0) is 48.5 Å². The van der Waals surface area contributed by atoms with Crippen LogP contribution in [0.1, 0.15) is 29.7 Å². The van der Waals surface area contributed by atoms with Crippen LogP contribution in [-0.2, 0) is 17.6 Å². The molecule has 0 fully saturated rings. The minimum atomic E-state index is -0.118. The summed E-state index contributed by atoms with van der Waals surface area (Å²) in [6, 6.07) is 17.4. The Bertz CT molecular complexity index is 1180. The van der Waals surface area contributed by atoms with Crippen molar-refractivity contribution in [3.05, 3.63) is 77.4 Å². The van der Waals surface area contributed by atoms with E-state index in [1.807, 2.05) is 80.1 Å². The quantitative estimate of drug-likeness (QED) is 0.536. The van der Waals surface area contributed by atoms with Crippen LogP contribution in [0, 0.1) is 13.8 Å². The molecular weight excluding hydrogens is 378 g/mol. The van der Waals surface area contributed by atoms with Gasteiger partial charge in [0.2, 0.25) is 5.91 Å². The van der Waals surface area contributed by atoms with Crippen molar-refractivity contribution in [2.75, 3.05) is 5.32 Å². The Morgan fingerprint density at radius 1 is 1.00 bits per heavy atom. The van der Waals surface area contributed by atoms with Gasteiger partial charge in [-0.2, -0.15) is 9.78 Å². The van der Waals surface area contributed by atoms with E-state index in [1.54, 1.807) is 4.68 Å². The third kappa shape index (κ3) is 3.71. The molecule has 0 aliphatic carbocycles. The number of nitrogens with one attached hydrogen (secondary N) is 1. The molecule has 2 aromatic carbocycles. The summed E-state index contributed by atoms with van der Waals surface area (Å²) in [6.07, 6.45) is 0.918. The fraction of sp³-hybridized carbons (Fsp3) is 0.227. The first-order valence-electron chi connectivity index (χ1n) is 9.85. The Labute approximate surface area is 174 Å². The van der Waals surface area contributed by atoms with Gasteiger partial charge in [0.15, 0.2) is 5.82 Å². The Hall–Kier alpha value is -3.81. The fourth-order valence-electron chi connectivity index (χ4n) is 3.48. The topological polar surface area (TPSA) is 90.5 Å². The van der Waals surface area contributed by atoms with Crippen molar-refractivity contribution in [2.45, 2.75) is 33.6 Å². The van der Waals surface area contributed by atoms with E-state index in [4.69, 9.17) is 0 Å². The zero-order chi connectivity index (χ0) is 21.1. The van der Waals surface area contributed by atoms with E-state index in [0.717, 1.165) is 34.2 Å². The Morgan fingerprint density at radius 2 is 1.73 bits per heavy atom. The lowest BCUT2D eigenvalue weighted by Gasteiger charge is -2.12. The Balaban J connectivity index is 1.58. The lowest BCUT2D eigenvalue weighted by Crippen LogP contribution is -2.17. The molecule has 2 aromatic heterocycles. The zero-order valence-corrected chi connectivity index (χ0v) is 17.2. The van der Waals surface area contributed by atoms with E-state index in [0.29, 0.717) is 12.1 Å². The van der Waals surface area contributed by atoms with E-state index >= 15 is 0 Å². The summed E-state index contributed by atoms with van der Waals surface area (Å²) >= 11 is 0. The Morgan fingerprint density at radius 3 is 2.50 bits per heavy atom. The van der Waals surface area contributed by atoms with Gasteiger partial charge >= 0.3 is 0 Å². The molecule has 8 nitrogen and oxygen atoms in total. The van der Waals surface area contributed by atoms with Gasteiger partial charge in [0.25, 0.3) is 0 Å². The zero-order valence-electron chi connectivity index (χ0n) is 17.2. The largest absolute Gasteiger partial charge is 0.324 e. The predicted octanol–water partition coefficient (Wildman–Crippen LogP) is 3.21. The molecule has 0 atom stereocenters. The van der Waals surface area contributed by atoms with E-state index in [-0.39, 0.29) is 12.3 Å². The summed E-state index contributed by atoms with van der Waals surface area (Å²) in [5.74, 6) is 0.611. The van der Waals surface area contributed by atoms with Crippen molar-refractivity contribution in [1.29, 1.82) is 0 Å². The van der Waals surface area contributed by atoms with Crippen molar-refractivity contribution in [3.63, 3.8) is 0 Å². The SMILES string of the molecule is CCc1nnnn1-c1ccccc1NC(=O)Cc1c(C)nn(-c2ccccc2)c1C. The molecule has 0 spiro atoms. The molecule has 0 bridgehead atoms. The molecule has 0 saturated heterocycles. The molecule has 4 aromatic rings. The van der Waals surface area contributed by atoms with Gasteiger partial charge in [-0.1, -0.05) is 37.3 Å². The first kappa shape index (κ1) is 19.5. The number of hydrogen-bond donors (Lipinski definition) is 1. The third-order valence-electron chi connectivity index (χ3n) is 5.04. The van der Waals surface area contributed by atoms with Crippen LogP contribution in [0.15, 0.2) is 54.6 Å². The highest BCUT2D eigenvalue weighted by molar-refractivity contribution is 5.94. The van der Waals surface area contributed by atoms with Crippen LogP contribution in [0.2, 0.25) is 0 Å². The molecule has 30 heavy (non-hydrogen) atoms. The van der Waals surface area contributed by atoms with Crippen molar-refractivity contribution in [2.24, 2.45) is 0 Å². The maximum atomic E-state index is 12.9. The maximum absolute atomic E-state index is 12.9. The molecule has 8 heteroatoms. The van der Waals surface area contributed by atoms with Crippen LogP contribution in [0.4, 0.5) is 5.69 Å². The van der Waals surface area contributed by atoms with Gasteiger partial charge in [0.1, 0.15) is 0 Å². The molecule has 0 radical (unpaired) electrons. The molecule has 0 aliphatic rings. The van der Waals surface area contributed by atoms with Gasteiger partial charge in [-0.3, -0.25) is 4.79 Å². The first-order chi connectivity index (χ1) is 14.6. The van der Waals surface area contributed by atoms with Crippen LogP contribution < -0.4 is 5.32 Å². The van der Waals surface area contributed by atoms with Crippen LogP contribution in [0.3, 0.4) is 0 Å². The summed E-state index contributed by atoms with van der Waals surface area (Å²) in [4.78, 5) is 12.9.